The predicted octanol–water partition coefficient (Wildman–Crippen LogP) is 2.50. The molecular formula is C20H23N7O. The fourth-order valence-electron chi connectivity index (χ4n) is 2.92. The molecule has 4 rings (SSSR count). The quantitative estimate of drug-likeness (QED) is 0.578. The van der Waals surface area contributed by atoms with Crippen molar-refractivity contribution < 1.29 is 0 Å². The second-order valence-electron chi connectivity index (χ2n) is 7.75. The fraction of sp³-hybridized carbons (Fsp3) is 0.300. The largest absolute Gasteiger partial charge is 0.379 e. The smallest absolute Gasteiger partial charge is 0.350 e. The molecule has 0 aliphatic rings. The van der Waals surface area contributed by atoms with Gasteiger partial charge in [-0.3, -0.25) is 4.40 Å². The maximum atomic E-state index is 12.4. The highest BCUT2D eigenvalue weighted by Gasteiger charge is 2.15. The Balaban J connectivity index is 1.47. The third-order valence-corrected chi connectivity index (χ3v) is 4.45. The molecule has 1 aromatic carbocycles. The lowest BCUT2D eigenvalue weighted by molar-refractivity contribution is 0.347. The van der Waals surface area contributed by atoms with Gasteiger partial charge in [0.2, 0.25) is 0 Å². The van der Waals surface area contributed by atoms with Crippen molar-refractivity contribution in [1.82, 2.24) is 29.2 Å². The van der Waals surface area contributed by atoms with Gasteiger partial charge in [0.15, 0.2) is 5.65 Å². The van der Waals surface area contributed by atoms with Crippen molar-refractivity contribution in [3.05, 3.63) is 76.6 Å². The van der Waals surface area contributed by atoms with E-state index >= 15 is 0 Å². The van der Waals surface area contributed by atoms with Crippen LogP contribution in [0.1, 0.15) is 32.0 Å². The molecular weight excluding hydrogens is 354 g/mol. The van der Waals surface area contributed by atoms with Crippen molar-refractivity contribution in [2.45, 2.75) is 39.4 Å². The number of hydrogen-bond donors (Lipinski definition) is 1. The minimum Gasteiger partial charge on any atom is -0.379 e. The molecule has 0 radical (unpaired) electrons. The maximum Gasteiger partial charge on any atom is 0.350 e. The zero-order valence-electron chi connectivity index (χ0n) is 16.2. The Hall–Kier alpha value is -3.42. The number of nitrogens with zero attached hydrogens (tertiary/aromatic N) is 6. The summed E-state index contributed by atoms with van der Waals surface area (Å²) < 4.78 is 4.88. The Labute approximate surface area is 162 Å². The normalized spacial score (nSPS) is 11.8. The number of nitrogens with one attached hydrogen (secondary N) is 1. The zero-order valence-corrected chi connectivity index (χ0v) is 16.2. The van der Waals surface area contributed by atoms with Crippen molar-refractivity contribution in [2.75, 3.05) is 5.32 Å². The average Bonchev–Trinajstić information content (AvgIpc) is 3.26. The van der Waals surface area contributed by atoms with Gasteiger partial charge in [-0.05, 0) is 50.6 Å². The van der Waals surface area contributed by atoms with E-state index in [2.05, 4.69) is 41.5 Å². The SMILES string of the molecule is CC(C)(C)n1cc(CNc2cccc(Cn3nc4ccccn4c3=O)c2)nn1. The van der Waals surface area contributed by atoms with E-state index in [0.29, 0.717) is 18.7 Å². The third kappa shape index (κ3) is 3.66. The van der Waals surface area contributed by atoms with Crippen LogP contribution in [0, 0.1) is 0 Å². The van der Waals surface area contributed by atoms with Crippen LogP contribution in [-0.2, 0) is 18.6 Å². The second-order valence-corrected chi connectivity index (χ2v) is 7.75. The molecule has 28 heavy (non-hydrogen) atoms. The highest BCUT2D eigenvalue weighted by atomic mass is 16.2. The molecule has 0 saturated carbocycles. The number of aromatic nitrogens is 6. The van der Waals surface area contributed by atoms with Crippen LogP contribution in [0.2, 0.25) is 0 Å². The first-order valence-electron chi connectivity index (χ1n) is 9.19. The van der Waals surface area contributed by atoms with Gasteiger partial charge in [0.05, 0.1) is 24.8 Å². The molecule has 0 amide bonds. The first-order chi connectivity index (χ1) is 13.4. The summed E-state index contributed by atoms with van der Waals surface area (Å²) in [6.07, 6.45) is 3.68. The van der Waals surface area contributed by atoms with Crippen molar-refractivity contribution in [3.63, 3.8) is 0 Å². The van der Waals surface area contributed by atoms with E-state index in [1.54, 1.807) is 10.6 Å². The van der Waals surface area contributed by atoms with Gasteiger partial charge in [0, 0.05) is 11.9 Å². The van der Waals surface area contributed by atoms with E-state index in [4.69, 9.17) is 0 Å². The number of benzene rings is 1. The Morgan fingerprint density at radius 2 is 1.96 bits per heavy atom. The first kappa shape index (κ1) is 18.0. The van der Waals surface area contributed by atoms with E-state index in [-0.39, 0.29) is 11.2 Å². The standard InChI is InChI=1S/C20H23N7O/c1-20(2,3)27-14-17(22-24-27)12-21-16-8-6-7-15(11-16)13-26-19(28)25-10-5-4-9-18(25)23-26/h4-11,14,21H,12-13H2,1-3H3. The molecule has 0 aliphatic carbocycles. The highest BCUT2D eigenvalue weighted by Crippen LogP contribution is 2.15. The van der Waals surface area contributed by atoms with E-state index in [9.17, 15) is 4.79 Å². The molecule has 0 atom stereocenters. The summed E-state index contributed by atoms with van der Waals surface area (Å²) in [4.78, 5) is 12.4. The van der Waals surface area contributed by atoms with Crippen LogP contribution in [0.4, 0.5) is 5.69 Å². The summed E-state index contributed by atoms with van der Waals surface area (Å²) in [6, 6.07) is 13.5. The summed E-state index contributed by atoms with van der Waals surface area (Å²) in [5.74, 6) is 0. The van der Waals surface area contributed by atoms with Crippen LogP contribution in [0.15, 0.2) is 59.7 Å². The molecule has 1 N–H and O–H groups in total. The van der Waals surface area contributed by atoms with E-state index in [1.165, 1.54) is 4.68 Å². The number of rotatable bonds is 5. The number of pyridine rings is 1. The molecule has 3 aromatic heterocycles. The fourth-order valence-corrected chi connectivity index (χ4v) is 2.92. The second kappa shape index (κ2) is 6.95. The van der Waals surface area contributed by atoms with Gasteiger partial charge < -0.3 is 5.32 Å². The predicted molar refractivity (Wildman–Crippen MR) is 107 cm³/mol. The topological polar surface area (TPSA) is 82.0 Å². The van der Waals surface area contributed by atoms with Gasteiger partial charge in [-0.15, -0.1) is 10.2 Å². The Morgan fingerprint density at radius 3 is 2.71 bits per heavy atom. The van der Waals surface area contributed by atoms with Crippen molar-refractivity contribution in [3.8, 4) is 0 Å². The van der Waals surface area contributed by atoms with Crippen LogP contribution in [0.5, 0.6) is 0 Å². The molecule has 0 spiro atoms. The summed E-state index contributed by atoms with van der Waals surface area (Å²) in [6.45, 7) is 7.25. The first-order valence-corrected chi connectivity index (χ1v) is 9.19. The summed E-state index contributed by atoms with van der Waals surface area (Å²) >= 11 is 0. The zero-order chi connectivity index (χ0) is 19.7. The van der Waals surface area contributed by atoms with Gasteiger partial charge >= 0.3 is 5.69 Å². The molecule has 3 heterocycles. The number of hydrogen-bond acceptors (Lipinski definition) is 5. The summed E-state index contributed by atoms with van der Waals surface area (Å²) in [5.41, 5.74) is 3.23. The lowest BCUT2D eigenvalue weighted by Gasteiger charge is -2.17. The average molecular weight is 377 g/mol. The molecule has 4 aromatic rings. The van der Waals surface area contributed by atoms with E-state index in [0.717, 1.165) is 16.9 Å². The summed E-state index contributed by atoms with van der Waals surface area (Å²) in [5, 5.41) is 16.1. The number of anilines is 1. The Kier molecular flexibility index (Phi) is 4.46. The highest BCUT2D eigenvalue weighted by molar-refractivity contribution is 5.46. The molecule has 0 bridgehead atoms. The van der Waals surface area contributed by atoms with Gasteiger partial charge in [-0.25, -0.2) is 14.2 Å². The molecule has 0 aliphatic heterocycles. The lowest BCUT2D eigenvalue weighted by atomic mass is 10.1. The minimum absolute atomic E-state index is 0.0908. The van der Waals surface area contributed by atoms with Gasteiger partial charge in [-0.1, -0.05) is 23.4 Å². The van der Waals surface area contributed by atoms with Crippen molar-refractivity contribution >= 4 is 11.3 Å². The van der Waals surface area contributed by atoms with Gasteiger partial charge in [-0.2, -0.15) is 0 Å². The lowest BCUT2D eigenvalue weighted by Crippen LogP contribution is -2.22. The van der Waals surface area contributed by atoms with Crippen LogP contribution < -0.4 is 11.0 Å². The molecule has 0 saturated heterocycles. The molecule has 0 unspecified atom stereocenters. The molecule has 0 fully saturated rings. The Bertz CT molecular complexity index is 1160. The minimum atomic E-state index is -0.146. The van der Waals surface area contributed by atoms with E-state index < -0.39 is 0 Å². The monoisotopic (exact) mass is 377 g/mol. The molecule has 8 heteroatoms. The molecule has 144 valence electrons. The van der Waals surface area contributed by atoms with Gasteiger partial charge in [0.25, 0.3) is 0 Å². The van der Waals surface area contributed by atoms with Crippen LogP contribution >= 0.6 is 0 Å². The van der Waals surface area contributed by atoms with Crippen LogP contribution in [0.25, 0.3) is 5.65 Å². The van der Waals surface area contributed by atoms with Gasteiger partial charge in [0.1, 0.15) is 5.69 Å². The maximum absolute atomic E-state index is 12.4. The van der Waals surface area contributed by atoms with E-state index in [1.807, 2.05) is 53.3 Å². The van der Waals surface area contributed by atoms with Crippen LogP contribution in [0.3, 0.4) is 0 Å². The van der Waals surface area contributed by atoms with Crippen molar-refractivity contribution in [2.24, 2.45) is 0 Å². The van der Waals surface area contributed by atoms with Crippen LogP contribution in [-0.4, -0.2) is 29.2 Å². The number of fused-ring (bicyclic) bond motifs is 1. The third-order valence-electron chi connectivity index (χ3n) is 4.45. The molecule has 8 nitrogen and oxygen atoms in total. The Morgan fingerprint density at radius 1 is 1.11 bits per heavy atom. The van der Waals surface area contributed by atoms with Crippen molar-refractivity contribution in [1.29, 1.82) is 0 Å². The summed E-state index contributed by atoms with van der Waals surface area (Å²) in [7, 11) is 0.